The maximum Gasteiger partial charge on any atom is 0.307 e. The van der Waals surface area contributed by atoms with Gasteiger partial charge in [-0.25, -0.2) is 9.97 Å². The summed E-state index contributed by atoms with van der Waals surface area (Å²) < 4.78 is 12.8. The topological polar surface area (TPSA) is 101 Å². The summed E-state index contributed by atoms with van der Waals surface area (Å²) in [5, 5.41) is 13.1. The van der Waals surface area contributed by atoms with Gasteiger partial charge in [0.25, 0.3) is 0 Å². The fourth-order valence-electron chi connectivity index (χ4n) is 6.99. The van der Waals surface area contributed by atoms with Crippen LogP contribution >= 0.6 is 0 Å². The number of pyridine rings is 1. The zero-order chi connectivity index (χ0) is 33.0. The number of benzene rings is 3. The van der Waals surface area contributed by atoms with E-state index in [-0.39, 0.29) is 6.42 Å². The fourth-order valence-corrected chi connectivity index (χ4v) is 6.99. The van der Waals surface area contributed by atoms with Crippen molar-refractivity contribution in [2.24, 2.45) is 0 Å². The van der Waals surface area contributed by atoms with Crippen LogP contribution in [0.15, 0.2) is 48.9 Å². The molecular weight excluding hydrogens is 590 g/mol. The van der Waals surface area contributed by atoms with E-state index in [2.05, 4.69) is 42.0 Å². The van der Waals surface area contributed by atoms with E-state index >= 15 is 0 Å². The number of rotatable bonds is 6. The minimum atomic E-state index is -0.892. The van der Waals surface area contributed by atoms with Crippen LogP contribution in [0.5, 0.6) is 11.5 Å². The molecule has 1 fully saturated rings. The zero-order valence-corrected chi connectivity index (χ0v) is 28.0. The van der Waals surface area contributed by atoms with Gasteiger partial charge in [-0.15, -0.1) is 0 Å². The van der Waals surface area contributed by atoms with Gasteiger partial charge in [0, 0.05) is 68.2 Å². The first kappa shape index (κ1) is 30.9. The van der Waals surface area contributed by atoms with Gasteiger partial charge in [-0.3, -0.25) is 9.78 Å². The molecule has 9 heteroatoms. The first-order valence-electron chi connectivity index (χ1n) is 16.3. The Morgan fingerprint density at radius 1 is 0.979 bits per heavy atom. The standard InChI is InChI=1S/C38H41N5O4/c1-22-17-29-23(2)26(25-20-40-37(41-21-25)43-14-12-42(6)13-15-43)7-8-27(29)34(28(22)18-32(44)45)35-31(47-38(3,4)5)19-30-33-24(10-16-46-30)9-11-39-36(33)35/h7-9,11,17,19-21H,10,12-16,18H2,1-6H3,(H,44,45). The van der Waals surface area contributed by atoms with Gasteiger partial charge in [-0.1, -0.05) is 18.2 Å². The molecule has 242 valence electrons. The van der Waals surface area contributed by atoms with E-state index in [1.807, 2.05) is 58.4 Å². The maximum atomic E-state index is 12.4. The molecule has 3 aromatic carbocycles. The first-order chi connectivity index (χ1) is 22.5. The number of carboxylic acids is 1. The average Bonchev–Trinajstić information content (AvgIpc) is 3.02. The summed E-state index contributed by atoms with van der Waals surface area (Å²) >= 11 is 0. The summed E-state index contributed by atoms with van der Waals surface area (Å²) in [6.45, 7) is 14.5. The van der Waals surface area contributed by atoms with E-state index in [1.165, 1.54) is 0 Å². The molecule has 0 unspecified atom stereocenters. The highest BCUT2D eigenvalue weighted by Crippen LogP contribution is 2.49. The van der Waals surface area contributed by atoms with Crippen LogP contribution in [0.3, 0.4) is 0 Å². The van der Waals surface area contributed by atoms with Crippen molar-refractivity contribution >= 4 is 33.6 Å². The molecule has 2 aliphatic heterocycles. The highest BCUT2D eigenvalue weighted by atomic mass is 16.5. The van der Waals surface area contributed by atoms with E-state index in [0.29, 0.717) is 12.4 Å². The van der Waals surface area contributed by atoms with Crippen molar-refractivity contribution in [2.45, 2.75) is 53.1 Å². The normalized spacial score (nSPS) is 15.2. The predicted molar refractivity (Wildman–Crippen MR) is 186 cm³/mol. The summed E-state index contributed by atoms with van der Waals surface area (Å²) in [5.74, 6) is 1.23. The number of carbonyl (C=O) groups is 1. The van der Waals surface area contributed by atoms with Crippen LogP contribution in [-0.2, 0) is 17.6 Å². The molecule has 9 nitrogen and oxygen atoms in total. The SMILES string of the molecule is Cc1cc2c(C)c(-c3cnc(N4CCN(C)CC4)nc3)ccc2c(-c2c(OC(C)(C)C)cc3c4c(ccnc24)CCO3)c1CC(=O)O. The fraction of sp³-hybridized carbons (Fsp3) is 0.368. The number of hydrogen-bond acceptors (Lipinski definition) is 8. The van der Waals surface area contributed by atoms with E-state index in [0.717, 1.165) is 110 Å². The molecule has 47 heavy (non-hydrogen) atoms. The van der Waals surface area contributed by atoms with Crippen LogP contribution in [0.25, 0.3) is 43.9 Å². The van der Waals surface area contributed by atoms with Crippen molar-refractivity contribution in [2.75, 3.05) is 44.7 Å². The summed E-state index contributed by atoms with van der Waals surface area (Å²) in [4.78, 5) is 31.3. The van der Waals surface area contributed by atoms with Crippen molar-refractivity contribution in [1.29, 1.82) is 0 Å². The van der Waals surface area contributed by atoms with Crippen LogP contribution in [-0.4, -0.2) is 76.4 Å². The third-order valence-corrected chi connectivity index (χ3v) is 9.31. The number of hydrogen-bond donors (Lipinski definition) is 1. The molecule has 0 atom stereocenters. The number of fused-ring (bicyclic) bond motifs is 1. The monoisotopic (exact) mass is 631 g/mol. The quantitative estimate of drug-likeness (QED) is 0.222. The number of aromatic nitrogens is 3. The maximum absolute atomic E-state index is 12.4. The van der Waals surface area contributed by atoms with Crippen LogP contribution in [0.1, 0.15) is 43.0 Å². The van der Waals surface area contributed by atoms with Gasteiger partial charge in [-0.2, -0.15) is 0 Å². The summed E-state index contributed by atoms with van der Waals surface area (Å²) in [5.41, 5.74) is 7.71. The lowest BCUT2D eigenvalue weighted by Crippen LogP contribution is -2.45. The molecule has 0 bridgehead atoms. The van der Waals surface area contributed by atoms with Crippen LogP contribution in [0.2, 0.25) is 0 Å². The van der Waals surface area contributed by atoms with Crippen LogP contribution in [0.4, 0.5) is 5.95 Å². The Balaban J connectivity index is 1.45. The molecule has 0 amide bonds. The van der Waals surface area contributed by atoms with Crippen molar-refractivity contribution in [3.8, 4) is 33.8 Å². The average molecular weight is 632 g/mol. The minimum absolute atomic E-state index is 0.131. The molecule has 2 aliphatic rings. The number of ether oxygens (including phenoxy) is 2. The number of carboxylic acid groups (broad SMARTS) is 1. The van der Waals surface area contributed by atoms with E-state index in [9.17, 15) is 9.90 Å². The number of aliphatic carboxylic acids is 1. The van der Waals surface area contributed by atoms with Crippen molar-refractivity contribution in [1.82, 2.24) is 19.9 Å². The second-order valence-corrected chi connectivity index (χ2v) is 13.8. The Hall–Kier alpha value is -4.76. The van der Waals surface area contributed by atoms with Crippen molar-refractivity contribution in [3.63, 3.8) is 0 Å². The third-order valence-electron chi connectivity index (χ3n) is 9.31. The van der Waals surface area contributed by atoms with Gasteiger partial charge in [0.2, 0.25) is 5.95 Å². The number of piperazine rings is 1. The Morgan fingerprint density at radius 2 is 1.72 bits per heavy atom. The van der Waals surface area contributed by atoms with Gasteiger partial charge >= 0.3 is 5.97 Å². The number of aryl methyl sites for hydroxylation is 2. The molecule has 7 rings (SSSR count). The summed E-state index contributed by atoms with van der Waals surface area (Å²) in [7, 11) is 2.14. The highest BCUT2D eigenvalue weighted by Gasteiger charge is 2.29. The molecule has 0 saturated carbocycles. The van der Waals surface area contributed by atoms with E-state index < -0.39 is 11.6 Å². The van der Waals surface area contributed by atoms with Crippen molar-refractivity contribution < 1.29 is 19.4 Å². The van der Waals surface area contributed by atoms with Gasteiger partial charge < -0.3 is 24.4 Å². The smallest absolute Gasteiger partial charge is 0.307 e. The molecule has 4 heterocycles. The van der Waals surface area contributed by atoms with Crippen molar-refractivity contribution in [3.05, 3.63) is 71.2 Å². The lowest BCUT2D eigenvalue weighted by molar-refractivity contribution is -0.136. The number of likely N-dealkylation sites (N-methyl/N-ethyl adjacent to an activating group) is 1. The van der Waals surface area contributed by atoms with E-state index in [1.54, 1.807) is 0 Å². The number of anilines is 1. The van der Waals surface area contributed by atoms with Crippen LogP contribution < -0.4 is 14.4 Å². The molecular formula is C38H41N5O4. The molecule has 1 saturated heterocycles. The highest BCUT2D eigenvalue weighted by molar-refractivity contribution is 6.12. The molecule has 0 spiro atoms. The largest absolute Gasteiger partial charge is 0.492 e. The van der Waals surface area contributed by atoms with Crippen LogP contribution in [0, 0.1) is 13.8 Å². The Labute approximate surface area is 275 Å². The summed E-state index contributed by atoms with van der Waals surface area (Å²) in [6, 6.07) is 10.3. The molecule has 1 N–H and O–H groups in total. The molecule has 5 aromatic rings. The molecule has 0 aliphatic carbocycles. The predicted octanol–water partition coefficient (Wildman–Crippen LogP) is 6.62. The molecule has 0 radical (unpaired) electrons. The summed E-state index contributed by atoms with van der Waals surface area (Å²) in [6.07, 6.45) is 6.30. The Kier molecular flexibility index (Phi) is 7.75. The van der Waals surface area contributed by atoms with Gasteiger partial charge in [0.15, 0.2) is 0 Å². The minimum Gasteiger partial charge on any atom is -0.492 e. The second kappa shape index (κ2) is 11.8. The van der Waals surface area contributed by atoms with Gasteiger partial charge in [0.05, 0.1) is 24.1 Å². The van der Waals surface area contributed by atoms with E-state index in [4.69, 9.17) is 24.4 Å². The lowest BCUT2D eigenvalue weighted by atomic mass is 9.84. The van der Waals surface area contributed by atoms with Gasteiger partial charge in [0.1, 0.15) is 17.1 Å². The number of nitrogens with zero attached hydrogens (tertiary/aromatic N) is 5. The third kappa shape index (κ3) is 5.73. The second-order valence-electron chi connectivity index (χ2n) is 13.8. The lowest BCUT2D eigenvalue weighted by Gasteiger charge is -2.32. The Morgan fingerprint density at radius 3 is 2.43 bits per heavy atom. The first-order valence-corrected chi connectivity index (χ1v) is 16.3. The molecule has 2 aromatic heterocycles. The zero-order valence-electron chi connectivity index (χ0n) is 28.0. The van der Waals surface area contributed by atoms with Gasteiger partial charge in [-0.05, 0) is 91.9 Å². The Bertz CT molecular complexity index is 2030.